The Morgan fingerprint density at radius 1 is 0.903 bits per heavy atom. The molecule has 164 valence electrons. The lowest BCUT2D eigenvalue weighted by atomic mass is 9.84. The van der Waals surface area contributed by atoms with Gasteiger partial charge in [0, 0.05) is 31.9 Å². The highest BCUT2D eigenvalue weighted by molar-refractivity contribution is 6.07. The van der Waals surface area contributed by atoms with Crippen molar-refractivity contribution in [2.24, 2.45) is 0 Å². The molecule has 2 aromatic rings. The Balaban J connectivity index is 1.42. The van der Waals surface area contributed by atoms with E-state index >= 15 is 0 Å². The number of anilines is 1. The summed E-state index contributed by atoms with van der Waals surface area (Å²) < 4.78 is 0. The number of carbonyl (C=O) groups is 2. The molecule has 1 unspecified atom stereocenters. The molecular weight excluding hydrogens is 388 g/mol. The molecule has 0 bridgehead atoms. The van der Waals surface area contributed by atoms with E-state index in [-0.39, 0.29) is 17.4 Å². The number of rotatable bonds is 4. The Labute approximate surface area is 184 Å². The van der Waals surface area contributed by atoms with E-state index in [4.69, 9.17) is 0 Å². The Morgan fingerprint density at radius 2 is 1.52 bits per heavy atom. The number of para-hydroxylation sites is 1. The van der Waals surface area contributed by atoms with Gasteiger partial charge in [0.05, 0.1) is 6.67 Å². The largest absolute Gasteiger partial charge is 0.369 e. The highest BCUT2D eigenvalue weighted by Gasteiger charge is 2.49. The highest BCUT2D eigenvalue weighted by Crippen LogP contribution is 2.31. The first-order chi connectivity index (χ1) is 14.7. The van der Waals surface area contributed by atoms with Gasteiger partial charge in [-0.25, -0.2) is 9.69 Å². The van der Waals surface area contributed by atoms with E-state index in [2.05, 4.69) is 48.0 Å². The SMILES string of the molecule is CC(C)(C)c1ccc(C2(C)NC(=O)N(CN3CCN(c4ccccc4)CC3)C2=O)cc1. The molecule has 2 aromatic carbocycles. The topological polar surface area (TPSA) is 55.9 Å². The maximum Gasteiger partial charge on any atom is 0.326 e. The Hall–Kier alpha value is -2.86. The van der Waals surface area contributed by atoms with Crippen LogP contribution in [0.3, 0.4) is 0 Å². The molecule has 0 aromatic heterocycles. The second-order valence-corrected chi connectivity index (χ2v) is 9.70. The lowest BCUT2D eigenvalue weighted by Crippen LogP contribution is -2.51. The van der Waals surface area contributed by atoms with Crippen LogP contribution in [0.25, 0.3) is 0 Å². The van der Waals surface area contributed by atoms with E-state index in [1.54, 1.807) is 6.92 Å². The van der Waals surface area contributed by atoms with Crippen molar-refractivity contribution in [2.45, 2.75) is 38.6 Å². The van der Waals surface area contributed by atoms with Crippen molar-refractivity contribution in [3.63, 3.8) is 0 Å². The van der Waals surface area contributed by atoms with Gasteiger partial charge in [0.1, 0.15) is 5.54 Å². The van der Waals surface area contributed by atoms with Crippen molar-refractivity contribution >= 4 is 17.6 Å². The van der Waals surface area contributed by atoms with Crippen molar-refractivity contribution in [1.29, 1.82) is 0 Å². The quantitative estimate of drug-likeness (QED) is 0.769. The second-order valence-electron chi connectivity index (χ2n) is 9.70. The van der Waals surface area contributed by atoms with E-state index < -0.39 is 5.54 Å². The third kappa shape index (κ3) is 4.17. The van der Waals surface area contributed by atoms with Crippen LogP contribution < -0.4 is 10.2 Å². The van der Waals surface area contributed by atoms with Crippen LogP contribution in [0.15, 0.2) is 54.6 Å². The third-order valence-electron chi connectivity index (χ3n) is 6.44. The summed E-state index contributed by atoms with van der Waals surface area (Å²) in [5.74, 6) is -0.188. The van der Waals surface area contributed by atoms with Crippen molar-refractivity contribution < 1.29 is 9.59 Å². The first-order valence-corrected chi connectivity index (χ1v) is 11.0. The summed E-state index contributed by atoms with van der Waals surface area (Å²) in [6, 6.07) is 18.0. The van der Waals surface area contributed by atoms with Crippen LogP contribution in [-0.2, 0) is 15.7 Å². The van der Waals surface area contributed by atoms with Gasteiger partial charge in [-0.05, 0) is 35.6 Å². The number of nitrogens with zero attached hydrogens (tertiary/aromatic N) is 3. The highest BCUT2D eigenvalue weighted by atomic mass is 16.2. The first-order valence-electron chi connectivity index (χ1n) is 11.0. The van der Waals surface area contributed by atoms with Crippen molar-refractivity contribution in [1.82, 2.24) is 15.1 Å². The predicted molar refractivity (Wildman–Crippen MR) is 123 cm³/mol. The smallest absolute Gasteiger partial charge is 0.326 e. The number of benzene rings is 2. The molecule has 1 N–H and O–H groups in total. The number of amides is 3. The molecule has 31 heavy (non-hydrogen) atoms. The molecule has 0 aliphatic carbocycles. The average Bonchev–Trinajstić information content (AvgIpc) is 2.98. The number of imide groups is 1. The average molecular weight is 421 g/mol. The Morgan fingerprint density at radius 3 is 2.10 bits per heavy atom. The van der Waals surface area contributed by atoms with Crippen LogP contribution in [0.5, 0.6) is 0 Å². The summed E-state index contributed by atoms with van der Waals surface area (Å²) in [4.78, 5) is 31.9. The molecule has 3 amide bonds. The Bertz CT molecular complexity index is 944. The molecule has 0 radical (unpaired) electrons. The van der Waals surface area contributed by atoms with Crippen LogP contribution in [0.4, 0.5) is 10.5 Å². The molecule has 2 heterocycles. The van der Waals surface area contributed by atoms with Crippen molar-refractivity contribution in [3.05, 3.63) is 65.7 Å². The maximum atomic E-state index is 13.3. The van der Waals surface area contributed by atoms with E-state index in [1.807, 2.05) is 42.5 Å². The molecule has 2 aliphatic heterocycles. The van der Waals surface area contributed by atoms with Crippen LogP contribution in [0, 0.1) is 0 Å². The second kappa shape index (κ2) is 8.00. The molecule has 2 aliphatic rings. The van der Waals surface area contributed by atoms with Gasteiger partial charge in [-0.1, -0.05) is 63.2 Å². The van der Waals surface area contributed by atoms with Gasteiger partial charge in [0.15, 0.2) is 0 Å². The van der Waals surface area contributed by atoms with Gasteiger partial charge in [-0.3, -0.25) is 9.69 Å². The van der Waals surface area contributed by atoms with Crippen LogP contribution in [-0.4, -0.2) is 54.6 Å². The fourth-order valence-corrected chi connectivity index (χ4v) is 4.31. The molecule has 1 atom stereocenters. The molecule has 0 saturated carbocycles. The number of carbonyl (C=O) groups excluding carboxylic acids is 2. The first kappa shape index (κ1) is 21.4. The number of urea groups is 1. The van der Waals surface area contributed by atoms with Crippen LogP contribution in [0.1, 0.15) is 38.8 Å². The number of piperazine rings is 1. The molecule has 6 heteroatoms. The fraction of sp³-hybridized carbons (Fsp3) is 0.440. The minimum absolute atomic E-state index is 0.0380. The standard InChI is InChI=1S/C25H32N4O2/c1-24(2,3)19-10-12-20(13-11-19)25(4)22(30)29(23(31)26-25)18-27-14-16-28(17-15-27)21-8-6-5-7-9-21/h5-13H,14-18H2,1-4H3,(H,26,31). The zero-order chi connectivity index (χ0) is 22.2. The van der Waals surface area contributed by atoms with Gasteiger partial charge in [0.2, 0.25) is 0 Å². The zero-order valence-electron chi connectivity index (χ0n) is 18.9. The minimum atomic E-state index is -1.03. The minimum Gasteiger partial charge on any atom is -0.369 e. The van der Waals surface area contributed by atoms with Gasteiger partial charge in [-0.2, -0.15) is 0 Å². The summed E-state index contributed by atoms with van der Waals surface area (Å²) in [7, 11) is 0. The van der Waals surface area contributed by atoms with Crippen molar-refractivity contribution in [3.8, 4) is 0 Å². The molecule has 2 fully saturated rings. The molecule has 6 nitrogen and oxygen atoms in total. The van der Waals surface area contributed by atoms with Gasteiger partial charge in [-0.15, -0.1) is 0 Å². The maximum absolute atomic E-state index is 13.3. The third-order valence-corrected chi connectivity index (χ3v) is 6.44. The molecule has 0 spiro atoms. The van der Waals surface area contributed by atoms with E-state index in [0.29, 0.717) is 6.67 Å². The fourth-order valence-electron chi connectivity index (χ4n) is 4.31. The van der Waals surface area contributed by atoms with Gasteiger partial charge in [0.25, 0.3) is 5.91 Å². The van der Waals surface area contributed by atoms with E-state index in [9.17, 15) is 9.59 Å². The van der Waals surface area contributed by atoms with E-state index in [1.165, 1.54) is 16.2 Å². The van der Waals surface area contributed by atoms with Gasteiger partial charge < -0.3 is 10.2 Å². The van der Waals surface area contributed by atoms with Crippen LogP contribution >= 0.6 is 0 Å². The summed E-state index contributed by atoms with van der Waals surface area (Å²) in [6.45, 7) is 12.0. The number of hydrogen-bond acceptors (Lipinski definition) is 4. The summed E-state index contributed by atoms with van der Waals surface area (Å²) >= 11 is 0. The van der Waals surface area contributed by atoms with Crippen LogP contribution in [0.2, 0.25) is 0 Å². The molecular formula is C25H32N4O2. The molecule has 2 saturated heterocycles. The van der Waals surface area contributed by atoms with E-state index in [0.717, 1.165) is 31.7 Å². The number of nitrogens with one attached hydrogen (secondary N) is 1. The molecule has 4 rings (SSSR count). The number of hydrogen-bond donors (Lipinski definition) is 1. The normalized spacial score (nSPS) is 22.7. The lowest BCUT2D eigenvalue weighted by Gasteiger charge is -2.37. The summed E-state index contributed by atoms with van der Waals surface area (Å²) in [5.41, 5.74) is 2.23. The van der Waals surface area contributed by atoms with Crippen molar-refractivity contribution in [2.75, 3.05) is 37.7 Å². The zero-order valence-corrected chi connectivity index (χ0v) is 18.9. The Kier molecular flexibility index (Phi) is 5.52. The summed E-state index contributed by atoms with van der Waals surface area (Å²) in [5, 5.41) is 2.93. The lowest BCUT2D eigenvalue weighted by molar-refractivity contribution is -0.132. The monoisotopic (exact) mass is 420 g/mol. The predicted octanol–water partition coefficient (Wildman–Crippen LogP) is 3.53. The van der Waals surface area contributed by atoms with Gasteiger partial charge >= 0.3 is 6.03 Å². The summed E-state index contributed by atoms with van der Waals surface area (Å²) in [6.07, 6.45) is 0.